The van der Waals surface area contributed by atoms with Gasteiger partial charge in [-0.2, -0.15) is 0 Å². The van der Waals surface area contributed by atoms with Crippen molar-refractivity contribution >= 4 is 40.9 Å². The lowest BCUT2D eigenvalue weighted by molar-refractivity contribution is 0.101. The van der Waals surface area contributed by atoms with Crippen LogP contribution in [0.1, 0.15) is 34.1 Å². The van der Waals surface area contributed by atoms with Gasteiger partial charge in [0.15, 0.2) is 6.61 Å². The number of carbonyl (C=O) groups excluding carboxylic acids is 2. The lowest BCUT2D eigenvalue weighted by atomic mass is 10.1. The number of terminal acetylenes is 1. The minimum absolute atomic E-state index is 0.0947. The first kappa shape index (κ1) is 20.1. The molecule has 9 heteroatoms. The third kappa shape index (κ3) is 3.79. The standard InChI is InChI=1S/C19H16Cl2FN3O3/c1-3-8-28-19(27)24-14-7-5-11-15(14)17(21)25(2)16(11)18(26)23-10-4-6-13(22)12(20)9-10/h1,4,6,9,14H,5,7-8H2,2H3,(H,23,26)(H,24,27). The average molecular weight is 424 g/mol. The largest absolute Gasteiger partial charge is 0.436 e. The predicted octanol–water partition coefficient (Wildman–Crippen LogP) is 4.07. The van der Waals surface area contributed by atoms with Crippen molar-refractivity contribution in [2.45, 2.75) is 18.9 Å². The zero-order chi connectivity index (χ0) is 20.4. The summed E-state index contributed by atoms with van der Waals surface area (Å²) in [6, 6.07) is 3.52. The number of benzene rings is 1. The van der Waals surface area contributed by atoms with E-state index in [1.54, 1.807) is 11.6 Å². The predicted molar refractivity (Wildman–Crippen MR) is 104 cm³/mol. The van der Waals surface area contributed by atoms with Gasteiger partial charge in [-0.05, 0) is 36.6 Å². The summed E-state index contributed by atoms with van der Waals surface area (Å²) in [6.07, 6.45) is 5.53. The summed E-state index contributed by atoms with van der Waals surface area (Å²) in [4.78, 5) is 24.6. The fourth-order valence-electron chi connectivity index (χ4n) is 3.26. The molecule has 0 saturated carbocycles. The fourth-order valence-corrected chi connectivity index (χ4v) is 3.77. The first-order valence-electron chi connectivity index (χ1n) is 8.33. The topological polar surface area (TPSA) is 72.4 Å². The van der Waals surface area contributed by atoms with Crippen molar-refractivity contribution in [2.75, 3.05) is 11.9 Å². The molecule has 1 aliphatic carbocycles. The van der Waals surface area contributed by atoms with Crippen LogP contribution in [0.3, 0.4) is 0 Å². The molecule has 1 aliphatic rings. The highest BCUT2D eigenvalue weighted by atomic mass is 35.5. The van der Waals surface area contributed by atoms with E-state index >= 15 is 0 Å². The second-order valence-electron chi connectivity index (χ2n) is 6.19. The highest BCUT2D eigenvalue weighted by Crippen LogP contribution is 2.40. The van der Waals surface area contributed by atoms with Crippen LogP contribution in [0.25, 0.3) is 0 Å². The summed E-state index contributed by atoms with van der Waals surface area (Å²) < 4.78 is 19.7. The lowest BCUT2D eigenvalue weighted by Crippen LogP contribution is -2.28. The molecule has 0 radical (unpaired) electrons. The van der Waals surface area contributed by atoms with Gasteiger partial charge in [0, 0.05) is 18.3 Å². The number of aromatic nitrogens is 1. The average Bonchev–Trinajstić information content (AvgIpc) is 3.15. The van der Waals surface area contributed by atoms with E-state index in [1.807, 2.05) is 0 Å². The summed E-state index contributed by atoms with van der Waals surface area (Å²) in [6.45, 7) is -0.137. The van der Waals surface area contributed by atoms with Crippen LogP contribution in [0.4, 0.5) is 14.9 Å². The highest BCUT2D eigenvalue weighted by Gasteiger charge is 2.35. The molecule has 1 atom stereocenters. The van der Waals surface area contributed by atoms with Gasteiger partial charge in [-0.25, -0.2) is 9.18 Å². The van der Waals surface area contributed by atoms with Crippen molar-refractivity contribution in [1.29, 1.82) is 0 Å². The molecule has 0 bridgehead atoms. The Kier molecular flexibility index (Phi) is 5.82. The lowest BCUT2D eigenvalue weighted by Gasteiger charge is -2.13. The van der Waals surface area contributed by atoms with E-state index in [1.165, 1.54) is 18.2 Å². The van der Waals surface area contributed by atoms with Gasteiger partial charge in [-0.1, -0.05) is 29.1 Å². The molecule has 6 nitrogen and oxygen atoms in total. The zero-order valence-corrected chi connectivity index (χ0v) is 16.3. The highest BCUT2D eigenvalue weighted by molar-refractivity contribution is 6.31. The van der Waals surface area contributed by atoms with Crippen LogP contribution in [-0.2, 0) is 18.2 Å². The minimum atomic E-state index is -0.650. The molecule has 2 aromatic rings. The Morgan fingerprint density at radius 2 is 2.18 bits per heavy atom. The molecule has 1 heterocycles. The van der Waals surface area contributed by atoms with E-state index in [-0.39, 0.29) is 17.7 Å². The van der Waals surface area contributed by atoms with Crippen LogP contribution in [0.15, 0.2) is 18.2 Å². The van der Waals surface area contributed by atoms with Gasteiger partial charge < -0.3 is 19.9 Å². The molecule has 146 valence electrons. The van der Waals surface area contributed by atoms with Gasteiger partial charge in [-0.3, -0.25) is 4.79 Å². The Morgan fingerprint density at radius 3 is 2.86 bits per heavy atom. The molecule has 3 rings (SSSR count). The number of nitrogens with zero attached hydrogens (tertiary/aromatic N) is 1. The van der Waals surface area contributed by atoms with Gasteiger partial charge in [-0.15, -0.1) is 6.42 Å². The number of amides is 2. The monoisotopic (exact) mass is 423 g/mol. The molecule has 1 aromatic carbocycles. The Balaban J connectivity index is 1.84. The van der Waals surface area contributed by atoms with Crippen molar-refractivity contribution in [3.63, 3.8) is 0 Å². The summed E-state index contributed by atoms with van der Waals surface area (Å²) >= 11 is 12.2. The van der Waals surface area contributed by atoms with Crippen LogP contribution in [0, 0.1) is 18.2 Å². The molecule has 28 heavy (non-hydrogen) atoms. The van der Waals surface area contributed by atoms with Gasteiger partial charge in [0.2, 0.25) is 0 Å². The molecular formula is C19H16Cl2FN3O3. The van der Waals surface area contributed by atoms with Crippen molar-refractivity contribution in [3.05, 3.63) is 51.0 Å². The number of halogens is 3. The first-order chi connectivity index (χ1) is 13.3. The molecule has 1 unspecified atom stereocenters. The van der Waals surface area contributed by atoms with Gasteiger partial charge >= 0.3 is 6.09 Å². The fraction of sp³-hybridized carbons (Fsp3) is 0.263. The Labute approximate surface area is 170 Å². The number of alkyl carbamates (subject to hydrolysis) is 1. The van der Waals surface area contributed by atoms with Crippen LogP contribution in [0.5, 0.6) is 0 Å². The summed E-state index contributed by atoms with van der Waals surface area (Å²) in [5.41, 5.74) is 2.12. The first-order valence-corrected chi connectivity index (χ1v) is 9.09. The van der Waals surface area contributed by atoms with Crippen LogP contribution in [0.2, 0.25) is 10.2 Å². The maximum absolute atomic E-state index is 13.3. The molecule has 0 fully saturated rings. The number of nitrogens with one attached hydrogen (secondary N) is 2. The molecule has 2 amide bonds. The van der Waals surface area contributed by atoms with Crippen molar-refractivity contribution in [1.82, 2.24) is 9.88 Å². The van der Waals surface area contributed by atoms with Crippen LogP contribution < -0.4 is 10.6 Å². The van der Waals surface area contributed by atoms with Crippen molar-refractivity contribution in [3.8, 4) is 12.3 Å². The molecule has 0 spiro atoms. The molecule has 1 aromatic heterocycles. The Bertz CT molecular complexity index is 997. The van der Waals surface area contributed by atoms with E-state index in [0.717, 1.165) is 5.56 Å². The van der Waals surface area contributed by atoms with E-state index in [2.05, 4.69) is 16.6 Å². The molecular weight excluding hydrogens is 408 g/mol. The summed E-state index contributed by atoms with van der Waals surface area (Å²) in [5.74, 6) is 1.22. The molecule has 0 aliphatic heterocycles. The molecule has 0 saturated heterocycles. The van der Waals surface area contributed by atoms with Crippen molar-refractivity contribution < 1.29 is 18.7 Å². The number of anilines is 1. The van der Waals surface area contributed by atoms with E-state index in [4.69, 9.17) is 34.4 Å². The normalized spacial score (nSPS) is 14.9. The minimum Gasteiger partial charge on any atom is -0.436 e. The Morgan fingerprint density at radius 1 is 1.43 bits per heavy atom. The van der Waals surface area contributed by atoms with Gasteiger partial charge in [0.25, 0.3) is 5.91 Å². The second kappa shape index (κ2) is 8.13. The second-order valence-corrected chi connectivity index (χ2v) is 6.95. The van der Waals surface area contributed by atoms with E-state index < -0.39 is 17.8 Å². The van der Waals surface area contributed by atoms with E-state index in [0.29, 0.717) is 34.9 Å². The third-order valence-corrected chi connectivity index (χ3v) is 5.21. The Hall–Kier alpha value is -2.69. The van der Waals surface area contributed by atoms with Gasteiger partial charge in [0.1, 0.15) is 16.7 Å². The van der Waals surface area contributed by atoms with Crippen LogP contribution in [-0.4, -0.2) is 23.2 Å². The van der Waals surface area contributed by atoms with Crippen LogP contribution >= 0.6 is 23.2 Å². The number of hydrogen-bond acceptors (Lipinski definition) is 3. The number of ether oxygens (including phenoxy) is 1. The maximum atomic E-state index is 13.3. The maximum Gasteiger partial charge on any atom is 0.408 e. The van der Waals surface area contributed by atoms with E-state index in [9.17, 15) is 14.0 Å². The number of carbonyl (C=O) groups is 2. The third-order valence-electron chi connectivity index (χ3n) is 4.47. The quantitative estimate of drug-likeness (QED) is 0.727. The molecule has 2 N–H and O–H groups in total. The number of rotatable bonds is 4. The zero-order valence-electron chi connectivity index (χ0n) is 14.8. The smallest absolute Gasteiger partial charge is 0.408 e. The van der Waals surface area contributed by atoms with Gasteiger partial charge in [0.05, 0.1) is 11.1 Å². The van der Waals surface area contributed by atoms with Crippen molar-refractivity contribution in [2.24, 2.45) is 7.05 Å². The summed E-state index contributed by atoms with van der Waals surface area (Å²) in [7, 11) is 1.65. The SMILES string of the molecule is C#CCOC(=O)NC1CCc2c1c(Cl)n(C)c2C(=O)Nc1ccc(F)c(Cl)c1. The number of fused-ring (bicyclic) bond motifs is 1. The summed E-state index contributed by atoms with van der Waals surface area (Å²) in [5, 5.41) is 5.65. The number of hydrogen-bond donors (Lipinski definition) is 2.